The van der Waals surface area contributed by atoms with Crippen molar-refractivity contribution in [2.75, 3.05) is 19.6 Å². The molecule has 0 unspecified atom stereocenters. The van der Waals surface area contributed by atoms with E-state index in [1.165, 1.54) is 0 Å². The second-order valence-electron chi connectivity index (χ2n) is 5.69. The molecule has 0 aromatic heterocycles. The van der Waals surface area contributed by atoms with Crippen molar-refractivity contribution in [2.45, 2.75) is 25.3 Å². The molecule has 0 aliphatic carbocycles. The van der Waals surface area contributed by atoms with Gasteiger partial charge in [0.05, 0.1) is 0 Å². The summed E-state index contributed by atoms with van der Waals surface area (Å²) in [6.45, 7) is 3.96. The third-order valence-electron chi connectivity index (χ3n) is 4.41. The van der Waals surface area contributed by atoms with E-state index in [2.05, 4.69) is 10.6 Å². The highest BCUT2D eigenvalue weighted by molar-refractivity contribution is 6.22. The van der Waals surface area contributed by atoms with Crippen molar-refractivity contribution in [1.29, 1.82) is 0 Å². The molecule has 122 valence electrons. The number of hydrogen-bond acceptors (Lipinski definition) is 5. The standard InChI is InChI=1S/C16H20N4O3/c1-2-20(19-10-6-7-11-19)16(12-8-4-3-5-9-12)13(21)17-15(23)18-14(16)22/h3-5,8-9H,2,6-7,10-11H2,1H3,(H2,17,18,21,22,23). The van der Waals surface area contributed by atoms with E-state index in [9.17, 15) is 14.4 Å². The van der Waals surface area contributed by atoms with Crippen LogP contribution in [-0.4, -0.2) is 47.5 Å². The van der Waals surface area contributed by atoms with Gasteiger partial charge >= 0.3 is 6.03 Å². The van der Waals surface area contributed by atoms with Crippen LogP contribution in [0.4, 0.5) is 4.79 Å². The summed E-state index contributed by atoms with van der Waals surface area (Å²) in [5.74, 6) is -1.21. The lowest BCUT2D eigenvalue weighted by molar-refractivity contribution is -0.166. The maximum atomic E-state index is 12.8. The van der Waals surface area contributed by atoms with Gasteiger partial charge in [-0.2, -0.15) is 0 Å². The normalized spacial score (nSPS) is 21.4. The molecule has 7 heteroatoms. The van der Waals surface area contributed by atoms with E-state index >= 15 is 0 Å². The van der Waals surface area contributed by atoms with Crippen LogP contribution in [0.15, 0.2) is 30.3 Å². The zero-order chi connectivity index (χ0) is 16.4. The van der Waals surface area contributed by atoms with Crippen molar-refractivity contribution in [3.05, 3.63) is 35.9 Å². The molecule has 2 saturated heterocycles. The summed E-state index contributed by atoms with van der Waals surface area (Å²) in [4.78, 5) is 37.2. The number of likely N-dealkylation sites (N-methyl/N-ethyl adjacent to an activating group) is 1. The van der Waals surface area contributed by atoms with Gasteiger partial charge in [-0.3, -0.25) is 20.2 Å². The van der Waals surface area contributed by atoms with Crippen LogP contribution in [0.1, 0.15) is 25.3 Å². The molecule has 0 bridgehead atoms. The Morgan fingerprint density at radius 3 is 2.13 bits per heavy atom. The van der Waals surface area contributed by atoms with Gasteiger partial charge < -0.3 is 0 Å². The fourth-order valence-corrected chi connectivity index (χ4v) is 3.44. The number of hydrazine groups is 1. The number of benzene rings is 1. The van der Waals surface area contributed by atoms with Gasteiger partial charge in [0.15, 0.2) is 0 Å². The van der Waals surface area contributed by atoms with Crippen molar-refractivity contribution in [3.8, 4) is 0 Å². The highest BCUT2D eigenvalue weighted by atomic mass is 16.2. The van der Waals surface area contributed by atoms with Crippen LogP contribution < -0.4 is 10.6 Å². The fourth-order valence-electron chi connectivity index (χ4n) is 3.44. The van der Waals surface area contributed by atoms with E-state index < -0.39 is 23.4 Å². The number of nitrogens with one attached hydrogen (secondary N) is 2. The van der Waals surface area contributed by atoms with Crippen molar-refractivity contribution in [3.63, 3.8) is 0 Å². The molecule has 0 spiro atoms. The minimum atomic E-state index is -1.56. The Bertz CT molecular complexity index is 605. The number of urea groups is 1. The molecule has 2 aliphatic heterocycles. The number of imide groups is 2. The van der Waals surface area contributed by atoms with Crippen molar-refractivity contribution >= 4 is 17.8 Å². The summed E-state index contributed by atoms with van der Waals surface area (Å²) in [5, 5.41) is 8.33. The van der Waals surface area contributed by atoms with E-state index in [4.69, 9.17) is 0 Å². The molecule has 2 N–H and O–H groups in total. The minimum Gasteiger partial charge on any atom is -0.275 e. The van der Waals surface area contributed by atoms with Gasteiger partial charge in [-0.15, -0.1) is 0 Å². The highest BCUT2D eigenvalue weighted by Crippen LogP contribution is 2.33. The van der Waals surface area contributed by atoms with E-state index in [0.717, 1.165) is 25.9 Å². The van der Waals surface area contributed by atoms with Crippen molar-refractivity contribution in [2.24, 2.45) is 0 Å². The summed E-state index contributed by atoms with van der Waals surface area (Å²) in [6, 6.07) is 8.11. The summed E-state index contributed by atoms with van der Waals surface area (Å²) >= 11 is 0. The number of barbiturate groups is 1. The molecule has 3 rings (SSSR count). The highest BCUT2D eigenvalue weighted by Gasteiger charge is 2.57. The van der Waals surface area contributed by atoms with Crippen molar-refractivity contribution < 1.29 is 14.4 Å². The Labute approximate surface area is 134 Å². The smallest absolute Gasteiger partial charge is 0.275 e. The summed E-state index contributed by atoms with van der Waals surface area (Å²) in [7, 11) is 0. The zero-order valence-corrected chi connectivity index (χ0v) is 13.0. The van der Waals surface area contributed by atoms with Crippen molar-refractivity contribution in [1.82, 2.24) is 20.7 Å². The van der Waals surface area contributed by atoms with Crippen LogP contribution in [0.3, 0.4) is 0 Å². The van der Waals surface area contributed by atoms with E-state index in [1.54, 1.807) is 29.3 Å². The molecule has 7 nitrogen and oxygen atoms in total. The number of nitrogens with zero attached hydrogens (tertiary/aromatic N) is 2. The first-order valence-electron chi connectivity index (χ1n) is 7.85. The number of carbonyl (C=O) groups excluding carboxylic acids is 3. The maximum absolute atomic E-state index is 12.8. The monoisotopic (exact) mass is 316 g/mol. The largest absolute Gasteiger partial charge is 0.328 e. The number of amides is 4. The lowest BCUT2D eigenvalue weighted by Crippen LogP contribution is -2.73. The molecule has 2 fully saturated rings. The average Bonchev–Trinajstić information content (AvgIpc) is 3.05. The molecular formula is C16H20N4O3. The Morgan fingerprint density at radius 1 is 1.04 bits per heavy atom. The molecule has 2 heterocycles. The van der Waals surface area contributed by atoms with Crippen LogP contribution >= 0.6 is 0 Å². The predicted molar refractivity (Wildman–Crippen MR) is 83.0 cm³/mol. The molecule has 0 atom stereocenters. The first-order chi connectivity index (χ1) is 11.1. The lowest BCUT2D eigenvalue weighted by Gasteiger charge is -2.46. The predicted octanol–water partition coefficient (Wildman–Crippen LogP) is 0.581. The third kappa shape index (κ3) is 2.42. The Balaban J connectivity index is 2.15. The van der Waals surface area contributed by atoms with Gasteiger partial charge in [0.25, 0.3) is 11.8 Å². The van der Waals surface area contributed by atoms with Gasteiger partial charge in [-0.1, -0.05) is 37.3 Å². The van der Waals surface area contributed by atoms with Gasteiger partial charge in [0.2, 0.25) is 5.54 Å². The van der Waals surface area contributed by atoms with Gasteiger partial charge in [-0.05, 0) is 18.4 Å². The van der Waals surface area contributed by atoms with E-state index in [0.29, 0.717) is 12.1 Å². The second kappa shape index (κ2) is 6.10. The van der Waals surface area contributed by atoms with E-state index in [-0.39, 0.29) is 0 Å². The van der Waals surface area contributed by atoms with Gasteiger partial charge in [-0.25, -0.2) is 14.8 Å². The minimum absolute atomic E-state index is 0.476. The molecule has 0 radical (unpaired) electrons. The number of rotatable bonds is 4. The lowest BCUT2D eigenvalue weighted by atomic mass is 9.85. The fraction of sp³-hybridized carbons (Fsp3) is 0.438. The maximum Gasteiger partial charge on any atom is 0.328 e. The Kier molecular flexibility index (Phi) is 4.14. The zero-order valence-electron chi connectivity index (χ0n) is 13.0. The quantitative estimate of drug-likeness (QED) is 0.794. The molecule has 1 aromatic carbocycles. The summed E-state index contributed by atoms with van der Waals surface area (Å²) in [5.41, 5.74) is -1.01. The Morgan fingerprint density at radius 2 is 1.61 bits per heavy atom. The number of carbonyl (C=O) groups is 3. The molecular weight excluding hydrogens is 296 g/mol. The van der Waals surface area contributed by atoms with E-state index in [1.807, 2.05) is 18.0 Å². The second-order valence-corrected chi connectivity index (χ2v) is 5.69. The molecule has 1 aromatic rings. The van der Waals surface area contributed by atoms with Crippen LogP contribution in [0.5, 0.6) is 0 Å². The first kappa shape index (κ1) is 15.6. The van der Waals surface area contributed by atoms with Crippen LogP contribution in [-0.2, 0) is 15.1 Å². The van der Waals surface area contributed by atoms with Crippen LogP contribution in [0.25, 0.3) is 0 Å². The first-order valence-corrected chi connectivity index (χ1v) is 7.85. The topological polar surface area (TPSA) is 81.8 Å². The van der Waals surface area contributed by atoms with Gasteiger partial charge in [0, 0.05) is 19.6 Å². The molecule has 0 saturated carbocycles. The molecule has 2 aliphatic rings. The SMILES string of the molecule is CCN(N1CCCC1)C1(c2ccccc2)C(=O)NC(=O)NC1=O. The van der Waals surface area contributed by atoms with Gasteiger partial charge in [0.1, 0.15) is 0 Å². The number of hydrogen-bond donors (Lipinski definition) is 2. The Hall–Kier alpha value is -2.25. The van der Waals surface area contributed by atoms with Crippen LogP contribution in [0.2, 0.25) is 0 Å². The molecule has 23 heavy (non-hydrogen) atoms. The average molecular weight is 316 g/mol. The summed E-state index contributed by atoms with van der Waals surface area (Å²) < 4.78 is 0. The van der Waals surface area contributed by atoms with Crippen LogP contribution in [0, 0.1) is 0 Å². The summed E-state index contributed by atoms with van der Waals surface area (Å²) in [6.07, 6.45) is 2.03. The third-order valence-corrected chi connectivity index (χ3v) is 4.41. The molecule has 4 amide bonds.